The van der Waals surface area contributed by atoms with Crippen molar-refractivity contribution in [3.8, 4) is 0 Å². The summed E-state index contributed by atoms with van der Waals surface area (Å²) >= 11 is 0. The molecule has 9 nitrogen and oxygen atoms in total. The van der Waals surface area contributed by atoms with Crippen LogP contribution in [-0.4, -0.2) is 76.1 Å². The van der Waals surface area contributed by atoms with Gasteiger partial charge in [-0.1, -0.05) is 0 Å². The SMILES string of the molecule is CC1(CCC(=O)NCCCOCCNC(=O)CCC2(C)OCCO2)OCCO1. The zero-order valence-corrected chi connectivity index (χ0v) is 17.1. The lowest BCUT2D eigenvalue weighted by molar-refractivity contribution is -0.152. The van der Waals surface area contributed by atoms with Gasteiger partial charge in [-0.25, -0.2) is 0 Å². The summed E-state index contributed by atoms with van der Waals surface area (Å²) in [5.41, 5.74) is 0. The Morgan fingerprint density at radius 3 is 1.75 bits per heavy atom. The van der Waals surface area contributed by atoms with Crippen molar-refractivity contribution in [2.24, 2.45) is 0 Å². The minimum Gasteiger partial charge on any atom is -0.380 e. The van der Waals surface area contributed by atoms with Gasteiger partial charge in [0, 0.05) is 45.4 Å². The third-order valence-electron chi connectivity index (χ3n) is 4.76. The Balaban J connectivity index is 1.37. The Morgan fingerprint density at radius 2 is 1.25 bits per heavy atom. The molecule has 9 heteroatoms. The summed E-state index contributed by atoms with van der Waals surface area (Å²) in [6.45, 7) is 8.02. The molecule has 28 heavy (non-hydrogen) atoms. The van der Waals surface area contributed by atoms with E-state index in [0.717, 1.165) is 6.42 Å². The second-order valence-electron chi connectivity index (χ2n) is 7.33. The average molecular weight is 402 g/mol. The molecule has 0 aromatic carbocycles. The smallest absolute Gasteiger partial charge is 0.220 e. The van der Waals surface area contributed by atoms with Gasteiger partial charge >= 0.3 is 0 Å². The fourth-order valence-electron chi connectivity index (χ4n) is 3.03. The van der Waals surface area contributed by atoms with Crippen molar-refractivity contribution in [1.29, 1.82) is 0 Å². The lowest BCUT2D eigenvalue weighted by Gasteiger charge is -2.21. The van der Waals surface area contributed by atoms with Crippen LogP contribution in [0.3, 0.4) is 0 Å². The number of hydrogen-bond donors (Lipinski definition) is 2. The largest absolute Gasteiger partial charge is 0.380 e. The first-order valence-corrected chi connectivity index (χ1v) is 10.1. The second kappa shape index (κ2) is 11.7. The van der Waals surface area contributed by atoms with Crippen molar-refractivity contribution in [2.45, 2.75) is 57.5 Å². The molecule has 2 heterocycles. The van der Waals surface area contributed by atoms with E-state index in [0.29, 0.717) is 78.4 Å². The van der Waals surface area contributed by atoms with E-state index in [2.05, 4.69) is 10.6 Å². The summed E-state index contributed by atoms with van der Waals surface area (Å²) in [5, 5.41) is 5.67. The van der Waals surface area contributed by atoms with E-state index in [1.165, 1.54) is 0 Å². The molecule has 0 saturated carbocycles. The highest BCUT2D eigenvalue weighted by molar-refractivity contribution is 5.76. The highest BCUT2D eigenvalue weighted by atomic mass is 16.7. The van der Waals surface area contributed by atoms with E-state index in [1.54, 1.807) is 0 Å². The number of carbonyl (C=O) groups is 2. The van der Waals surface area contributed by atoms with Crippen LogP contribution < -0.4 is 10.6 Å². The highest BCUT2D eigenvalue weighted by Gasteiger charge is 2.31. The highest BCUT2D eigenvalue weighted by Crippen LogP contribution is 2.24. The molecule has 2 fully saturated rings. The van der Waals surface area contributed by atoms with Crippen molar-refractivity contribution < 1.29 is 33.3 Å². The van der Waals surface area contributed by atoms with Crippen LogP contribution in [0.5, 0.6) is 0 Å². The van der Waals surface area contributed by atoms with E-state index in [4.69, 9.17) is 23.7 Å². The fraction of sp³-hybridized carbons (Fsp3) is 0.895. The van der Waals surface area contributed by atoms with Crippen LogP contribution in [-0.2, 0) is 33.3 Å². The van der Waals surface area contributed by atoms with Gasteiger partial charge in [-0.05, 0) is 20.3 Å². The normalized spacial score (nSPS) is 20.2. The van der Waals surface area contributed by atoms with Gasteiger partial charge in [0.2, 0.25) is 11.8 Å². The van der Waals surface area contributed by atoms with Gasteiger partial charge in [-0.3, -0.25) is 9.59 Å². The predicted molar refractivity (Wildman–Crippen MR) is 101 cm³/mol. The number of rotatable bonds is 13. The van der Waals surface area contributed by atoms with Crippen LogP contribution in [0.1, 0.15) is 46.0 Å². The topological polar surface area (TPSA) is 104 Å². The second-order valence-corrected chi connectivity index (χ2v) is 7.33. The molecule has 162 valence electrons. The monoisotopic (exact) mass is 402 g/mol. The van der Waals surface area contributed by atoms with Crippen molar-refractivity contribution in [3.05, 3.63) is 0 Å². The van der Waals surface area contributed by atoms with Crippen molar-refractivity contribution in [2.75, 3.05) is 52.7 Å². The first kappa shape index (κ1) is 23.0. The first-order valence-electron chi connectivity index (χ1n) is 10.1. The molecular formula is C19H34N2O7. The Bertz CT molecular complexity index is 445. The molecule has 0 aromatic heterocycles. The average Bonchev–Trinajstić information content (AvgIpc) is 3.30. The Hall–Kier alpha value is -1.26. The molecule has 2 saturated heterocycles. The number of amides is 2. The molecule has 2 aliphatic heterocycles. The van der Waals surface area contributed by atoms with E-state index >= 15 is 0 Å². The molecule has 0 bridgehead atoms. The molecule has 2 N–H and O–H groups in total. The van der Waals surface area contributed by atoms with Crippen LogP contribution in [0.4, 0.5) is 0 Å². The summed E-state index contributed by atoms with van der Waals surface area (Å²) in [6, 6.07) is 0. The van der Waals surface area contributed by atoms with Gasteiger partial charge in [0.05, 0.1) is 33.0 Å². The maximum Gasteiger partial charge on any atom is 0.220 e. The first-order chi connectivity index (χ1) is 13.4. The lowest BCUT2D eigenvalue weighted by atomic mass is 10.1. The summed E-state index contributed by atoms with van der Waals surface area (Å²) in [4.78, 5) is 23.6. The third-order valence-corrected chi connectivity index (χ3v) is 4.76. The molecule has 2 rings (SSSR count). The Kier molecular flexibility index (Phi) is 9.60. The summed E-state index contributed by atoms with van der Waals surface area (Å²) in [7, 11) is 0. The fourth-order valence-corrected chi connectivity index (χ4v) is 3.03. The molecule has 0 radical (unpaired) electrons. The van der Waals surface area contributed by atoms with Crippen LogP contribution in [0, 0.1) is 0 Å². The maximum atomic E-state index is 11.8. The maximum absolute atomic E-state index is 11.8. The van der Waals surface area contributed by atoms with Gasteiger partial charge in [-0.2, -0.15) is 0 Å². The van der Waals surface area contributed by atoms with E-state index < -0.39 is 11.6 Å². The van der Waals surface area contributed by atoms with E-state index in [9.17, 15) is 9.59 Å². The molecule has 0 spiro atoms. The van der Waals surface area contributed by atoms with Crippen molar-refractivity contribution in [1.82, 2.24) is 10.6 Å². The van der Waals surface area contributed by atoms with Gasteiger partial charge in [-0.15, -0.1) is 0 Å². The van der Waals surface area contributed by atoms with Crippen LogP contribution >= 0.6 is 0 Å². The van der Waals surface area contributed by atoms with E-state index in [1.807, 2.05) is 13.8 Å². The zero-order valence-electron chi connectivity index (χ0n) is 17.1. The van der Waals surface area contributed by atoms with Gasteiger partial charge < -0.3 is 34.3 Å². The quantitative estimate of drug-likeness (QED) is 0.437. The number of ether oxygens (including phenoxy) is 5. The summed E-state index contributed by atoms with van der Waals surface area (Å²) in [5.74, 6) is -1.32. The van der Waals surface area contributed by atoms with Crippen molar-refractivity contribution in [3.63, 3.8) is 0 Å². The Morgan fingerprint density at radius 1 is 0.786 bits per heavy atom. The van der Waals surface area contributed by atoms with Gasteiger partial charge in [0.25, 0.3) is 0 Å². The minimum atomic E-state index is -0.632. The van der Waals surface area contributed by atoms with Crippen LogP contribution in [0.25, 0.3) is 0 Å². The van der Waals surface area contributed by atoms with Crippen LogP contribution in [0.15, 0.2) is 0 Å². The zero-order chi connectivity index (χ0) is 20.3. The van der Waals surface area contributed by atoms with Crippen molar-refractivity contribution >= 4 is 11.8 Å². The molecule has 2 amide bonds. The number of nitrogens with one attached hydrogen (secondary N) is 2. The molecule has 0 aliphatic carbocycles. The third kappa shape index (κ3) is 8.83. The predicted octanol–water partition coefficient (Wildman–Crippen LogP) is 0.712. The molecule has 0 unspecified atom stereocenters. The molecular weight excluding hydrogens is 368 g/mol. The lowest BCUT2D eigenvalue weighted by Crippen LogP contribution is -2.32. The number of carbonyl (C=O) groups excluding carboxylic acids is 2. The van der Waals surface area contributed by atoms with E-state index in [-0.39, 0.29) is 11.8 Å². The van der Waals surface area contributed by atoms with Gasteiger partial charge in [0.1, 0.15) is 0 Å². The number of hydrogen-bond acceptors (Lipinski definition) is 7. The Labute approximate surface area is 166 Å². The van der Waals surface area contributed by atoms with Gasteiger partial charge in [0.15, 0.2) is 11.6 Å². The minimum absolute atomic E-state index is 0.0171. The summed E-state index contributed by atoms with van der Waals surface area (Å²) < 4.78 is 27.3. The molecule has 0 aromatic rings. The molecule has 0 atom stereocenters. The van der Waals surface area contributed by atoms with Crippen LogP contribution in [0.2, 0.25) is 0 Å². The molecule has 2 aliphatic rings. The standard InChI is InChI=1S/C19H34N2O7/c1-18(25-12-13-26-18)6-4-16(22)20-8-3-10-24-11-9-21-17(23)5-7-19(2)27-14-15-28-19/h3-15H2,1-2H3,(H,20,22)(H,21,23). The summed E-state index contributed by atoms with van der Waals surface area (Å²) in [6.07, 6.45) is 2.54.